The van der Waals surface area contributed by atoms with E-state index >= 15 is 0 Å². The van der Waals surface area contributed by atoms with Crippen LogP contribution in [0.3, 0.4) is 0 Å². The second kappa shape index (κ2) is 7.40. The number of carbonyl (C=O) groups is 1. The van der Waals surface area contributed by atoms with Crippen LogP contribution in [0.5, 0.6) is 0 Å². The Labute approximate surface area is 184 Å². The highest BCUT2D eigenvalue weighted by molar-refractivity contribution is 9.10. The molecule has 152 valence electrons. The van der Waals surface area contributed by atoms with E-state index in [0.717, 1.165) is 50.9 Å². The number of fused-ring (bicyclic) bond motifs is 2. The monoisotopic (exact) mass is 471 g/mol. The number of amides is 1. The van der Waals surface area contributed by atoms with E-state index in [0.29, 0.717) is 16.5 Å². The Hall–Kier alpha value is -1.92. The highest BCUT2D eigenvalue weighted by Crippen LogP contribution is 2.40. The van der Waals surface area contributed by atoms with Crippen molar-refractivity contribution >= 4 is 54.8 Å². The third-order valence-corrected chi connectivity index (χ3v) is 7.56. The van der Waals surface area contributed by atoms with Gasteiger partial charge in [-0.25, -0.2) is 4.98 Å². The smallest absolute Gasteiger partial charge is 0.267 e. The average molecular weight is 472 g/mol. The molecule has 4 rings (SSSR count). The van der Waals surface area contributed by atoms with Gasteiger partial charge in [0.25, 0.3) is 5.91 Å². The number of nitrogens with zero attached hydrogens (tertiary/aromatic N) is 1. The summed E-state index contributed by atoms with van der Waals surface area (Å²) in [7, 11) is 0. The van der Waals surface area contributed by atoms with Gasteiger partial charge in [-0.3, -0.25) is 4.79 Å². The standard InChI is InChI=1S/C23H26BrN3OS/c1-12-9-15(24)6-8-17(12)26-21(28)20-19(25)16-11-13-10-14(23(2,3)4)5-7-18(13)27-22(16)29-20/h6,8-9,11,14H,5,7,10,25H2,1-4H3,(H,26,28). The molecule has 2 aromatic heterocycles. The van der Waals surface area contributed by atoms with Crippen molar-refractivity contribution in [3.05, 3.63) is 50.4 Å². The Bertz CT molecular complexity index is 1110. The molecular weight excluding hydrogens is 446 g/mol. The molecule has 29 heavy (non-hydrogen) atoms. The van der Waals surface area contributed by atoms with Crippen molar-refractivity contribution in [3.63, 3.8) is 0 Å². The number of nitrogens with two attached hydrogens (primary N) is 1. The van der Waals surface area contributed by atoms with Crippen LogP contribution in [0.2, 0.25) is 0 Å². The second-order valence-electron chi connectivity index (χ2n) is 9.01. The van der Waals surface area contributed by atoms with Gasteiger partial charge in [0.1, 0.15) is 9.71 Å². The summed E-state index contributed by atoms with van der Waals surface area (Å²) in [5.74, 6) is 0.457. The minimum atomic E-state index is -0.179. The molecule has 0 saturated carbocycles. The van der Waals surface area contributed by atoms with Crippen molar-refractivity contribution in [1.82, 2.24) is 4.98 Å². The number of hydrogen-bond donors (Lipinski definition) is 2. The van der Waals surface area contributed by atoms with Crippen molar-refractivity contribution in [1.29, 1.82) is 0 Å². The molecule has 1 aliphatic carbocycles. The van der Waals surface area contributed by atoms with Crippen molar-refractivity contribution < 1.29 is 4.79 Å². The van der Waals surface area contributed by atoms with Crippen LogP contribution in [0.4, 0.5) is 11.4 Å². The molecule has 0 aliphatic heterocycles. The molecule has 1 aliphatic rings. The summed E-state index contributed by atoms with van der Waals surface area (Å²) in [4.78, 5) is 19.2. The summed E-state index contributed by atoms with van der Waals surface area (Å²) in [6.45, 7) is 8.89. The third-order valence-electron chi connectivity index (χ3n) is 5.95. The van der Waals surface area contributed by atoms with Gasteiger partial charge in [0, 0.05) is 21.2 Å². The van der Waals surface area contributed by atoms with Crippen LogP contribution in [0.1, 0.15) is 53.7 Å². The van der Waals surface area contributed by atoms with E-state index < -0.39 is 0 Å². The predicted molar refractivity (Wildman–Crippen MR) is 126 cm³/mol. The molecule has 1 unspecified atom stereocenters. The third kappa shape index (κ3) is 3.92. The van der Waals surface area contributed by atoms with Gasteiger partial charge in [0.2, 0.25) is 0 Å². The molecule has 0 saturated heterocycles. The van der Waals surface area contributed by atoms with E-state index in [1.165, 1.54) is 16.9 Å². The topological polar surface area (TPSA) is 68.0 Å². The lowest BCUT2D eigenvalue weighted by Crippen LogP contribution is -2.27. The molecule has 1 atom stereocenters. The van der Waals surface area contributed by atoms with Crippen LogP contribution in [-0.2, 0) is 12.8 Å². The van der Waals surface area contributed by atoms with Gasteiger partial charge in [-0.15, -0.1) is 11.3 Å². The van der Waals surface area contributed by atoms with Crippen LogP contribution in [0, 0.1) is 18.3 Å². The molecule has 0 bridgehead atoms. The number of rotatable bonds is 2. The lowest BCUT2D eigenvalue weighted by Gasteiger charge is -2.34. The Morgan fingerprint density at radius 2 is 2.07 bits per heavy atom. The first-order valence-corrected chi connectivity index (χ1v) is 11.5. The van der Waals surface area contributed by atoms with Crippen molar-refractivity contribution in [2.45, 2.75) is 47.0 Å². The lowest BCUT2D eigenvalue weighted by molar-refractivity contribution is 0.103. The van der Waals surface area contributed by atoms with Gasteiger partial charge < -0.3 is 11.1 Å². The molecule has 1 aromatic carbocycles. The van der Waals surface area contributed by atoms with Crippen molar-refractivity contribution in [2.24, 2.45) is 11.3 Å². The predicted octanol–water partition coefficient (Wildman–Crippen LogP) is 6.35. The number of hydrogen-bond acceptors (Lipinski definition) is 4. The number of halogens is 1. The zero-order chi connectivity index (χ0) is 20.9. The van der Waals surface area contributed by atoms with Crippen LogP contribution in [0.15, 0.2) is 28.7 Å². The SMILES string of the molecule is Cc1cc(Br)ccc1NC(=O)c1sc2nc3c(cc2c1N)CC(C(C)(C)C)CC3. The van der Waals surface area contributed by atoms with Gasteiger partial charge in [-0.1, -0.05) is 36.7 Å². The maximum absolute atomic E-state index is 12.9. The molecule has 0 fully saturated rings. The molecule has 2 heterocycles. The molecule has 0 radical (unpaired) electrons. The quantitative estimate of drug-likeness (QED) is 0.457. The summed E-state index contributed by atoms with van der Waals surface area (Å²) < 4.78 is 0.984. The molecule has 4 nitrogen and oxygen atoms in total. The van der Waals surface area contributed by atoms with Gasteiger partial charge >= 0.3 is 0 Å². The van der Waals surface area contributed by atoms with Crippen LogP contribution in [-0.4, -0.2) is 10.9 Å². The van der Waals surface area contributed by atoms with Crippen molar-refractivity contribution in [2.75, 3.05) is 11.1 Å². The lowest BCUT2D eigenvalue weighted by atomic mass is 9.71. The first kappa shape index (κ1) is 20.4. The van der Waals surface area contributed by atoms with E-state index in [4.69, 9.17) is 10.7 Å². The van der Waals surface area contributed by atoms with Crippen LogP contribution >= 0.6 is 27.3 Å². The highest BCUT2D eigenvalue weighted by Gasteiger charge is 2.30. The maximum Gasteiger partial charge on any atom is 0.267 e. The fourth-order valence-electron chi connectivity index (χ4n) is 4.04. The van der Waals surface area contributed by atoms with Gasteiger partial charge in [0.05, 0.1) is 5.69 Å². The number of carbonyl (C=O) groups excluding carboxylic acids is 1. The average Bonchev–Trinajstić information content (AvgIpc) is 2.97. The highest BCUT2D eigenvalue weighted by atomic mass is 79.9. The first-order chi connectivity index (χ1) is 13.6. The number of nitrogen functional groups attached to an aromatic ring is 1. The number of anilines is 2. The van der Waals surface area contributed by atoms with E-state index in [1.807, 2.05) is 25.1 Å². The molecule has 3 N–H and O–H groups in total. The van der Waals surface area contributed by atoms with E-state index in [9.17, 15) is 4.79 Å². The molecule has 1 amide bonds. The number of benzene rings is 1. The summed E-state index contributed by atoms with van der Waals surface area (Å²) in [5, 5.41) is 3.90. The zero-order valence-corrected chi connectivity index (χ0v) is 19.6. The number of pyridine rings is 1. The Kier molecular flexibility index (Phi) is 5.20. The normalized spacial score (nSPS) is 16.7. The Morgan fingerprint density at radius 3 is 2.76 bits per heavy atom. The maximum atomic E-state index is 12.9. The van der Waals surface area contributed by atoms with E-state index in [-0.39, 0.29) is 11.3 Å². The second-order valence-corrected chi connectivity index (χ2v) is 10.9. The van der Waals surface area contributed by atoms with Crippen LogP contribution in [0.25, 0.3) is 10.2 Å². The van der Waals surface area contributed by atoms with E-state index in [1.54, 1.807) is 0 Å². The summed E-state index contributed by atoms with van der Waals surface area (Å²) in [6.07, 6.45) is 3.17. The van der Waals surface area contributed by atoms with Gasteiger partial charge in [0.15, 0.2) is 0 Å². The molecule has 6 heteroatoms. The van der Waals surface area contributed by atoms with Gasteiger partial charge in [-0.2, -0.15) is 0 Å². The molecule has 3 aromatic rings. The number of thiophene rings is 1. The molecular formula is C23H26BrN3OS. The minimum Gasteiger partial charge on any atom is -0.397 e. The summed E-state index contributed by atoms with van der Waals surface area (Å²) in [5.41, 5.74) is 11.4. The summed E-state index contributed by atoms with van der Waals surface area (Å²) >= 11 is 4.83. The van der Waals surface area contributed by atoms with E-state index in [2.05, 4.69) is 48.1 Å². The van der Waals surface area contributed by atoms with Crippen molar-refractivity contribution in [3.8, 4) is 0 Å². The first-order valence-electron chi connectivity index (χ1n) is 9.91. The molecule has 0 spiro atoms. The Morgan fingerprint density at radius 1 is 1.31 bits per heavy atom. The summed E-state index contributed by atoms with van der Waals surface area (Å²) in [6, 6.07) is 7.96. The fraction of sp³-hybridized carbons (Fsp3) is 0.391. The number of nitrogens with one attached hydrogen (secondary N) is 1. The zero-order valence-electron chi connectivity index (χ0n) is 17.2. The van der Waals surface area contributed by atoms with Gasteiger partial charge in [-0.05, 0) is 72.9 Å². The number of aryl methyl sites for hydroxylation is 2. The largest absolute Gasteiger partial charge is 0.397 e. The minimum absolute atomic E-state index is 0.179. The number of aromatic nitrogens is 1. The van der Waals surface area contributed by atoms with Crippen LogP contribution < -0.4 is 11.1 Å². The Balaban J connectivity index is 1.67. The fourth-order valence-corrected chi connectivity index (χ4v) is 5.51.